The minimum atomic E-state index is -0.633. The van der Waals surface area contributed by atoms with E-state index in [0.717, 1.165) is 17.9 Å². The number of hydrogen-bond donors (Lipinski definition) is 2. The van der Waals surface area contributed by atoms with E-state index >= 15 is 0 Å². The molecule has 2 amide bonds. The van der Waals surface area contributed by atoms with E-state index in [-0.39, 0.29) is 6.04 Å². The SMILES string of the molecule is CC(NC(=O)N=N)C1=CC[C@H]2[C@@H]3CC[C@H]4CCCC[C@]4(C)[C@H]3CC(=O)[C@]12C. The Labute approximate surface area is 162 Å². The van der Waals surface area contributed by atoms with Crippen molar-refractivity contribution < 1.29 is 9.59 Å². The average molecular weight is 372 g/mol. The van der Waals surface area contributed by atoms with Crippen molar-refractivity contribution in [3.8, 4) is 0 Å². The van der Waals surface area contributed by atoms with Gasteiger partial charge in [0.1, 0.15) is 5.78 Å². The van der Waals surface area contributed by atoms with Crippen molar-refractivity contribution in [3.05, 3.63) is 11.6 Å². The number of Topliss-reactive ketones (excluding diaryl/α,β-unsaturated/α-hetero) is 1. The molecule has 5 nitrogen and oxygen atoms in total. The molecule has 5 heteroatoms. The zero-order chi connectivity index (χ0) is 19.4. The van der Waals surface area contributed by atoms with Gasteiger partial charge in [-0.1, -0.05) is 31.0 Å². The highest BCUT2D eigenvalue weighted by atomic mass is 16.2. The van der Waals surface area contributed by atoms with Crippen molar-refractivity contribution in [2.75, 3.05) is 0 Å². The topological polar surface area (TPSA) is 82.4 Å². The number of rotatable bonds is 2. The monoisotopic (exact) mass is 371 g/mol. The van der Waals surface area contributed by atoms with Gasteiger partial charge < -0.3 is 5.32 Å². The third-order valence-corrected chi connectivity index (χ3v) is 9.01. The lowest BCUT2D eigenvalue weighted by molar-refractivity contribution is -0.150. The molecule has 0 aromatic heterocycles. The Morgan fingerprint density at radius 2 is 2.04 bits per heavy atom. The number of amides is 2. The fourth-order valence-corrected chi connectivity index (χ4v) is 7.56. The van der Waals surface area contributed by atoms with Gasteiger partial charge in [-0.25, -0.2) is 4.79 Å². The fraction of sp³-hybridized carbons (Fsp3) is 0.818. The summed E-state index contributed by atoms with van der Waals surface area (Å²) in [4.78, 5) is 25.1. The molecule has 148 valence electrons. The molecule has 0 aromatic rings. The van der Waals surface area contributed by atoms with Crippen LogP contribution in [0.2, 0.25) is 0 Å². The van der Waals surface area contributed by atoms with Crippen molar-refractivity contribution in [2.24, 2.45) is 39.6 Å². The first kappa shape index (κ1) is 18.8. The van der Waals surface area contributed by atoms with Crippen molar-refractivity contribution in [1.82, 2.24) is 5.32 Å². The zero-order valence-corrected chi connectivity index (χ0v) is 16.9. The van der Waals surface area contributed by atoms with Gasteiger partial charge in [0.25, 0.3) is 0 Å². The van der Waals surface area contributed by atoms with Crippen LogP contribution in [0.5, 0.6) is 0 Å². The van der Waals surface area contributed by atoms with E-state index < -0.39 is 11.4 Å². The molecule has 4 aliphatic rings. The highest BCUT2D eigenvalue weighted by Crippen LogP contribution is 2.65. The summed E-state index contributed by atoms with van der Waals surface area (Å²) in [6.45, 7) is 6.51. The van der Waals surface area contributed by atoms with E-state index in [0.29, 0.717) is 35.4 Å². The average Bonchev–Trinajstić information content (AvgIpc) is 3.01. The molecular formula is C22H33N3O2. The molecule has 4 aliphatic carbocycles. The first-order chi connectivity index (χ1) is 12.8. The molecule has 0 radical (unpaired) electrons. The Bertz CT molecular complexity index is 702. The summed E-state index contributed by atoms with van der Waals surface area (Å²) in [5, 5.41) is 5.71. The summed E-state index contributed by atoms with van der Waals surface area (Å²) in [6, 6.07) is -0.879. The number of fused-ring (bicyclic) bond motifs is 5. The summed E-state index contributed by atoms with van der Waals surface area (Å²) in [5.74, 6) is 2.68. The maximum absolute atomic E-state index is 13.5. The molecule has 3 saturated carbocycles. The third kappa shape index (κ3) is 2.64. The van der Waals surface area contributed by atoms with E-state index in [2.05, 4.69) is 30.4 Å². The fourth-order valence-electron chi connectivity index (χ4n) is 7.56. The second-order valence-electron chi connectivity index (χ2n) is 9.91. The standard InChI is InChI=1S/C22H33N3O2/c1-13(24-20(27)25-23)16-9-10-17-15-8-7-14-6-4-5-11-21(14,2)18(15)12-19(26)22(16,17)3/h9,13-15,17-18,23H,4-8,10-12H2,1-3H3,(H,24,27)/t13?,14-,15+,17+,18+,21+,22-/m1/s1. The Balaban J connectivity index is 1.62. The molecule has 0 bridgehead atoms. The van der Waals surface area contributed by atoms with Crippen LogP contribution in [0, 0.1) is 40.0 Å². The largest absolute Gasteiger partial charge is 0.359 e. The van der Waals surface area contributed by atoms with Crippen LogP contribution in [0.25, 0.3) is 0 Å². The number of ketones is 1. The van der Waals surface area contributed by atoms with Gasteiger partial charge in [0, 0.05) is 6.42 Å². The Morgan fingerprint density at radius 1 is 1.26 bits per heavy atom. The van der Waals surface area contributed by atoms with Gasteiger partial charge in [0.05, 0.1) is 11.5 Å². The van der Waals surface area contributed by atoms with Crippen molar-refractivity contribution in [3.63, 3.8) is 0 Å². The van der Waals surface area contributed by atoms with Gasteiger partial charge in [-0.05, 0) is 80.6 Å². The van der Waals surface area contributed by atoms with Crippen molar-refractivity contribution in [1.29, 1.82) is 5.53 Å². The number of allylic oxidation sites excluding steroid dienone is 1. The number of carbonyl (C=O) groups excluding carboxylic acids is 2. The van der Waals surface area contributed by atoms with Gasteiger partial charge in [0.2, 0.25) is 0 Å². The predicted molar refractivity (Wildman–Crippen MR) is 103 cm³/mol. The highest BCUT2D eigenvalue weighted by Gasteiger charge is 2.61. The molecule has 0 aromatic carbocycles. The maximum Gasteiger partial charge on any atom is 0.359 e. The summed E-state index contributed by atoms with van der Waals surface area (Å²) in [7, 11) is 0. The van der Waals surface area contributed by atoms with Crippen LogP contribution in [0.1, 0.15) is 72.1 Å². The molecular weight excluding hydrogens is 338 g/mol. The first-order valence-electron chi connectivity index (χ1n) is 10.7. The Morgan fingerprint density at radius 3 is 2.78 bits per heavy atom. The second-order valence-corrected chi connectivity index (χ2v) is 9.91. The quantitative estimate of drug-likeness (QED) is 0.512. The summed E-state index contributed by atoms with van der Waals surface area (Å²) in [6.07, 6.45) is 11.7. The molecule has 4 rings (SSSR count). The number of carbonyl (C=O) groups is 2. The van der Waals surface area contributed by atoms with Crippen LogP contribution in [0.4, 0.5) is 4.79 Å². The van der Waals surface area contributed by atoms with Gasteiger partial charge in [-0.2, -0.15) is 5.53 Å². The Hall–Kier alpha value is -1.52. The lowest BCUT2D eigenvalue weighted by Gasteiger charge is -2.59. The van der Waals surface area contributed by atoms with Crippen LogP contribution in [-0.2, 0) is 4.79 Å². The minimum Gasteiger partial charge on any atom is -0.329 e. The van der Waals surface area contributed by atoms with Crippen LogP contribution in [0.15, 0.2) is 16.8 Å². The normalized spacial score (nSPS) is 44.4. The molecule has 0 aliphatic heterocycles. The maximum atomic E-state index is 13.5. The molecule has 0 saturated heterocycles. The molecule has 7 atom stereocenters. The molecule has 0 spiro atoms. The van der Waals surface area contributed by atoms with Crippen LogP contribution < -0.4 is 5.32 Å². The molecule has 2 N–H and O–H groups in total. The summed E-state index contributed by atoms with van der Waals surface area (Å²) < 4.78 is 0. The van der Waals surface area contributed by atoms with E-state index in [1.165, 1.54) is 38.5 Å². The van der Waals surface area contributed by atoms with Gasteiger partial charge in [0.15, 0.2) is 0 Å². The lowest BCUT2D eigenvalue weighted by atomic mass is 9.44. The molecule has 1 unspecified atom stereocenters. The van der Waals surface area contributed by atoms with Gasteiger partial charge in [-0.3, -0.25) is 4.79 Å². The number of hydrogen-bond acceptors (Lipinski definition) is 3. The lowest BCUT2D eigenvalue weighted by Crippen LogP contribution is -2.56. The van der Waals surface area contributed by atoms with E-state index in [9.17, 15) is 9.59 Å². The first-order valence-corrected chi connectivity index (χ1v) is 10.7. The van der Waals surface area contributed by atoms with E-state index in [4.69, 9.17) is 5.53 Å². The molecule has 0 heterocycles. The van der Waals surface area contributed by atoms with Crippen molar-refractivity contribution >= 4 is 11.8 Å². The summed E-state index contributed by atoms with van der Waals surface area (Å²) >= 11 is 0. The minimum absolute atomic E-state index is 0.247. The molecule has 3 fully saturated rings. The predicted octanol–water partition coefficient (Wildman–Crippen LogP) is 5.26. The second kappa shape index (κ2) is 6.52. The van der Waals surface area contributed by atoms with Crippen LogP contribution in [0.3, 0.4) is 0 Å². The zero-order valence-electron chi connectivity index (χ0n) is 16.9. The van der Waals surface area contributed by atoms with Crippen molar-refractivity contribution in [2.45, 2.75) is 78.2 Å². The van der Waals surface area contributed by atoms with Crippen LogP contribution in [-0.4, -0.2) is 17.9 Å². The summed E-state index contributed by atoms with van der Waals surface area (Å²) in [5.41, 5.74) is 7.82. The molecule has 27 heavy (non-hydrogen) atoms. The van der Waals surface area contributed by atoms with E-state index in [1.807, 2.05) is 6.92 Å². The number of nitrogens with zero attached hydrogens (tertiary/aromatic N) is 1. The third-order valence-electron chi connectivity index (χ3n) is 9.01. The van der Waals surface area contributed by atoms with Gasteiger partial charge in [-0.15, -0.1) is 0 Å². The highest BCUT2D eigenvalue weighted by molar-refractivity contribution is 5.90. The van der Waals surface area contributed by atoms with E-state index in [1.54, 1.807) is 0 Å². The van der Waals surface area contributed by atoms with Gasteiger partial charge >= 0.3 is 6.03 Å². The Kier molecular flexibility index (Phi) is 4.55. The number of nitrogens with one attached hydrogen (secondary N) is 2. The van der Waals surface area contributed by atoms with Crippen LogP contribution >= 0.6 is 0 Å². The smallest absolute Gasteiger partial charge is 0.329 e. The number of urea groups is 1.